The lowest BCUT2D eigenvalue weighted by Crippen LogP contribution is -2.50. The largest absolute Gasteiger partial charge is 0.340 e. The van der Waals surface area contributed by atoms with Gasteiger partial charge in [0.1, 0.15) is 5.82 Å². The Balaban J connectivity index is 1.30. The molecule has 3 heterocycles. The highest BCUT2D eigenvalue weighted by Gasteiger charge is 2.30. The smallest absolute Gasteiger partial charge is 0.222 e. The molecule has 6 heteroatoms. The topological polar surface area (TPSA) is 44.6 Å². The normalized spacial score (nSPS) is 19.8. The molecule has 4 rings (SSSR count). The minimum Gasteiger partial charge on any atom is -0.340 e. The predicted molar refractivity (Wildman–Crippen MR) is 124 cm³/mol. The van der Waals surface area contributed by atoms with E-state index in [2.05, 4.69) is 61.6 Å². The van der Waals surface area contributed by atoms with Crippen LogP contribution in [-0.4, -0.2) is 76.0 Å². The van der Waals surface area contributed by atoms with Crippen LogP contribution in [0.2, 0.25) is 0 Å². The first-order valence-electron chi connectivity index (χ1n) is 12.0. The Morgan fingerprint density at radius 1 is 0.968 bits per heavy atom. The number of piperazine rings is 1. The molecular weight excluding hydrogens is 386 g/mol. The molecule has 6 nitrogen and oxygen atoms in total. The van der Waals surface area contributed by atoms with E-state index >= 15 is 0 Å². The van der Waals surface area contributed by atoms with Crippen LogP contribution in [0.15, 0.2) is 42.7 Å². The number of benzene rings is 1. The Hall–Kier alpha value is -2.18. The highest BCUT2D eigenvalue weighted by molar-refractivity contribution is 5.76. The zero-order valence-electron chi connectivity index (χ0n) is 19.0. The third-order valence-corrected chi connectivity index (χ3v) is 6.81. The maximum Gasteiger partial charge on any atom is 0.222 e. The molecule has 0 bridgehead atoms. The van der Waals surface area contributed by atoms with Gasteiger partial charge in [-0.25, -0.2) is 4.98 Å². The minimum atomic E-state index is 0.126. The molecule has 0 aliphatic carbocycles. The number of carbonyl (C=O) groups is 1. The summed E-state index contributed by atoms with van der Waals surface area (Å²) in [7, 11) is 2.06. The van der Waals surface area contributed by atoms with Crippen molar-refractivity contribution in [3.63, 3.8) is 0 Å². The third kappa shape index (κ3) is 5.74. The van der Waals surface area contributed by atoms with Crippen LogP contribution in [-0.2, 0) is 11.8 Å². The van der Waals surface area contributed by atoms with Gasteiger partial charge in [0.05, 0.1) is 6.04 Å². The predicted octanol–water partition coefficient (Wildman–Crippen LogP) is 3.31. The summed E-state index contributed by atoms with van der Waals surface area (Å²) in [5.74, 6) is 1.38. The Kier molecular flexibility index (Phi) is 7.76. The fourth-order valence-corrected chi connectivity index (χ4v) is 5.00. The summed E-state index contributed by atoms with van der Waals surface area (Å²) in [6.45, 7) is 6.85. The number of hydrogen-bond donors (Lipinski definition) is 0. The van der Waals surface area contributed by atoms with Crippen LogP contribution in [0.5, 0.6) is 0 Å². The van der Waals surface area contributed by atoms with E-state index in [1.165, 1.54) is 44.3 Å². The van der Waals surface area contributed by atoms with Crippen molar-refractivity contribution in [2.24, 2.45) is 7.05 Å². The van der Waals surface area contributed by atoms with Gasteiger partial charge in [0.15, 0.2) is 0 Å². The van der Waals surface area contributed by atoms with Crippen LogP contribution in [0.3, 0.4) is 0 Å². The monoisotopic (exact) mass is 423 g/mol. The molecule has 2 aliphatic rings. The van der Waals surface area contributed by atoms with Crippen LogP contribution in [0.4, 0.5) is 0 Å². The molecule has 2 saturated heterocycles. The summed E-state index contributed by atoms with van der Waals surface area (Å²) in [6.07, 6.45) is 10.9. The van der Waals surface area contributed by atoms with Gasteiger partial charge in [-0.05, 0) is 44.5 Å². The molecule has 31 heavy (non-hydrogen) atoms. The van der Waals surface area contributed by atoms with Gasteiger partial charge in [-0.15, -0.1) is 0 Å². The molecule has 2 aliphatic heterocycles. The number of nitrogens with zero attached hydrogens (tertiary/aromatic N) is 5. The third-order valence-electron chi connectivity index (χ3n) is 6.81. The Labute approximate surface area is 186 Å². The number of rotatable bonds is 7. The Morgan fingerprint density at radius 2 is 1.68 bits per heavy atom. The fourth-order valence-electron chi connectivity index (χ4n) is 5.00. The van der Waals surface area contributed by atoms with Gasteiger partial charge in [-0.1, -0.05) is 43.2 Å². The van der Waals surface area contributed by atoms with E-state index in [0.29, 0.717) is 12.3 Å². The molecule has 1 amide bonds. The number of imidazole rings is 1. The van der Waals surface area contributed by atoms with E-state index in [4.69, 9.17) is 0 Å². The van der Waals surface area contributed by atoms with E-state index in [0.717, 1.165) is 45.0 Å². The summed E-state index contributed by atoms with van der Waals surface area (Å²) >= 11 is 0. The highest BCUT2D eigenvalue weighted by Crippen LogP contribution is 2.28. The van der Waals surface area contributed by atoms with E-state index < -0.39 is 0 Å². The van der Waals surface area contributed by atoms with Gasteiger partial charge >= 0.3 is 0 Å². The first-order valence-corrected chi connectivity index (χ1v) is 12.0. The zero-order chi connectivity index (χ0) is 21.5. The molecule has 168 valence electrons. The van der Waals surface area contributed by atoms with Gasteiger partial charge in [0.2, 0.25) is 5.91 Å². The van der Waals surface area contributed by atoms with Crippen LogP contribution in [0.1, 0.15) is 56.0 Å². The zero-order valence-corrected chi connectivity index (χ0v) is 19.0. The van der Waals surface area contributed by atoms with Crippen LogP contribution in [0, 0.1) is 0 Å². The summed E-state index contributed by atoms with van der Waals surface area (Å²) in [5, 5.41) is 0. The van der Waals surface area contributed by atoms with Crippen molar-refractivity contribution < 1.29 is 4.79 Å². The summed E-state index contributed by atoms with van der Waals surface area (Å²) in [6, 6.07) is 10.7. The van der Waals surface area contributed by atoms with Gasteiger partial charge in [0.25, 0.3) is 0 Å². The quantitative estimate of drug-likeness (QED) is 0.685. The second kappa shape index (κ2) is 10.9. The molecule has 2 aromatic rings. The molecular formula is C25H37N5O. The van der Waals surface area contributed by atoms with Crippen molar-refractivity contribution in [3.05, 3.63) is 54.1 Å². The number of carbonyl (C=O) groups excluding carboxylic acids is 1. The standard InChI is InChI=1S/C25H37N5O/c1-27-17-13-26-25(27)24(22-10-5-4-6-11-22)30-20-18-29(19-21-30)23(31)12-9-16-28-14-7-2-3-8-15-28/h4-6,10-11,13,17,24H,2-3,7-9,12,14-16,18-21H2,1H3. The van der Waals surface area contributed by atoms with Gasteiger partial charge in [0, 0.05) is 52.0 Å². The van der Waals surface area contributed by atoms with Crippen molar-refractivity contribution in [1.82, 2.24) is 24.3 Å². The fraction of sp³-hybridized carbons (Fsp3) is 0.600. The molecule has 0 saturated carbocycles. The number of hydrogen-bond acceptors (Lipinski definition) is 4. The lowest BCUT2D eigenvalue weighted by Gasteiger charge is -2.39. The van der Waals surface area contributed by atoms with Gasteiger partial charge < -0.3 is 14.4 Å². The summed E-state index contributed by atoms with van der Waals surface area (Å²) < 4.78 is 2.11. The van der Waals surface area contributed by atoms with E-state index in [1.807, 2.05) is 12.4 Å². The van der Waals surface area contributed by atoms with Crippen LogP contribution < -0.4 is 0 Å². The summed E-state index contributed by atoms with van der Waals surface area (Å²) in [5.41, 5.74) is 1.26. The van der Waals surface area contributed by atoms with Gasteiger partial charge in [-0.2, -0.15) is 0 Å². The SMILES string of the molecule is Cn1ccnc1C(c1ccccc1)N1CCN(C(=O)CCCN2CCCCCC2)CC1. The number of likely N-dealkylation sites (tertiary alicyclic amines) is 1. The first-order chi connectivity index (χ1) is 15.2. The number of aryl methyl sites for hydroxylation is 1. The molecule has 0 radical (unpaired) electrons. The van der Waals surface area contributed by atoms with Crippen LogP contribution >= 0.6 is 0 Å². The lowest BCUT2D eigenvalue weighted by atomic mass is 10.0. The number of amides is 1. The minimum absolute atomic E-state index is 0.126. The van der Waals surface area contributed by atoms with Gasteiger partial charge in [-0.3, -0.25) is 9.69 Å². The van der Waals surface area contributed by atoms with Crippen molar-refractivity contribution in [2.45, 2.75) is 44.6 Å². The molecule has 1 atom stereocenters. The average molecular weight is 424 g/mol. The molecule has 2 fully saturated rings. The van der Waals surface area contributed by atoms with E-state index in [1.54, 1.807) is 0 Å². The van der Waals surface area contributed by atoms with Crippen molar-refractivity contribution in [2.75, 3.05) is 45.8 Å². The average Bonchev–Trinajstić information content (AvgIpc) is 3.05. The van der Waals surface area contributed by atoms with E-state index in [-0.39, 0.29) is 6.04 Å². The van der Waals surface area contributed by atoms with E-state index in [9.17, 15) is 4.79 Å². The summed E-state index contributed by atoms with van der Waals surface area (Å²) in [4.78, 5) is 24.5. The maximum atomic E-state index is 12.8. The van der Waals surface area contributed by atoms with Crippen molar-refractivity contribution in [1.29, 1.82) is 0 Å². The second-order valence-corrected chi connectivity index (χ2v) is 8.99. The highest BCUT2D eigenvalue weighted by atomic mass is 16.2. The molecule has 0 N–H and O–H groups in total. The maximum absolute atomic E-state index is 12.8. The lowest BCUT2D eigenvalue weighted by molar-refractivity contribution is -0.133. The molecule has 1 unspecified atom stereocenters. The van der Waals surface area contributed by atoms with Crippen molar-refractivity contribution >= 4 is 5.91 Å². The second-order valence-electron chi connectivity index (χ2n) is 8.99. The van der Waals surface area contributed by atoms with Crippen molar-refractivity contribution in [3.8, 4) is 0 Å². The Bertz CT molecular complexity index is 804. The Morgan fingerprint density at radius 3 is 2.32 bits per heavy atom. The number of aromatic nitrogens is 2. The molecule has 1 aromatic heterocycles. The van der Waals surface area contributed by atoms with Crippen LogP contribution in [0.25, 0.3) is 0 Å². The molecule has 0 spiro atoms. The molecule has 1 aromatic carbocycles. The first kappa shape index (κ1) is 22.0.